The SMILES string of the molecule is CCNCc1ccc(CS(=O)Cc2ccccc2Cl)o1. The molecule has 0 aliphatic rings. The third-order valence-electron chi connectivity index (χ3n) is 2.84. The van der Waals surface area contributed by atoms with Crippen molar-refractivity contribution in [3.05, 3.63) is 58.5 Å². The van der Waals surface area contributed by atoms with Gasteiger partial charge in [-0.1, -0.05) is 36.7 Å². The van der Waals surface area contributed by atoms with Gasteiger partial charge in [0.15, 0.2) is 0 Å². The fourth-order valence-electron chi connectivity index (χ4n) is 1.84. The van der Waals surface area contributed by atoms with Crippen LogP contribution >= 0.6 is 11.6 Å². The van der Waals surface area contributed by atoms with E-state index in [9.17, 15) is 4.21 Å². The van der Waals surface area contributed by atoms with Crippen LogP contribution in [0.15, 0.2) is 40.8 Å². The highest BCUT2D eigenvalue weighted by atomic mass is 35.5. The van der Waals surface area contributed by atoms with E-state index >= 15 is 0 Å². The molecule has 1 atom stereocenters. The molecule has 0 spiro atoms. The summed E-state index contributed by atoms with van der Waals surface area (Å²) < 4.78 is 17.8. The van der Waals surface area contributed by atoms with Crippen molar-refractivity contribution in [1.82, 2.24) is 5.32 Å². The molecule has 0 saturated carbocycles. The number of halogens is 1. The van der Waals surface area contributed by atoms with Crippen molar-refractivity contribution in [2.24, 2.45) is 0 Å². The summed E-state index contributed by atoms with van der Waals surface area (Å²) in [6.07, 6.45) is 0. The van der Waals surface area contributed by atoms with Gasteiger partial charge in [-0.25, -0.2) is 0 Å². The number of furan rings is 1. The first-order valence-electron chi connectivity index (χ1n) is 6.55. The fourth-order valence-corrected chi connectivity index (χ4v) is 3.30. The van der Waals surface area contributed by atoms with Crippen LogP contribution < -0.4 is 5.32 Å². The highest BCUT2D eigenvalue weighted by molar-refractivity contribution is 7.83. The zero-order valence-electron chi connectivity index (χ0n) is 11.4. The van der Waals surface area contributed by atoms with Gasteiger partial charge in [0.05, 0.1) is 18.1 Å². The van der Waals surface area contributed by atoms with E-state index in [1.807, 2.05) is 43.3 Å². The lowest BCUT2D eigenvalue weighted by Gasteiger charge is -2.03. The van der Waals surface area contributed by atoms with Crippen molar-refractivity contribution in [2.75, 3.05) is 6.54 Å². The van der Waals surface area contributed by atoms with Crippen molar-refractivity contribution in [1.29, 1.82) is 0 Å². The van der Waals surface area contributed by atoms with E-state index in [1.54, 1.807) is 0 Å². The molecule has 3 nitrogen and oxygen atoms in total. The Kier molecular flexibility index (Phi) is 5.83. The quantitative estimate of drug-likeness (QED) is 0.851. The average molecular weight is 312 g/mol. The van der Waals surface area contributed by atoms with E-state index in [4.69, 9.17) is 16.0 Å². The molecular weight excluding hydrogens is 294 g/mol. The molecule has 0 aliphatic heterocycles. The minimum Gasteiger partial charge on any atom is -0.464 e. The Morgan fingerprint density at radius 2 is 1.90 bits per heavy atom. The maximum absolute atomic E-state index is 12.1. The first-order chi connectivity index (χ1) is 9.69. The molecule has 0 amide bonds. The van der Waals surface area contributed by atoms with Crippen molar-refractivity contribution in [3.8, 4) is 0 Å². The third kappa shape index (κ3) is 4.47. The molecule has 0 radical (unpaired) electrons. The predicted octanol–water partition coefficient (Wildman–Crippen LogP) is 3.49. The Morgan fingerprint density at radius 1 is 1.15 bits per heavy atom. The van der Waals surface area contributed by atoms with Gasteiger partial charge in [0, 0.05) is 15.8 Å². The summed E-state index contributed by atoms with van der Waals surface area (Å²) in [5.74, 6) is 2.49. The molecule has 1 unspecified atom stereocenters. The van der Waals surface area contributed by atoms with Gasteiger partial charge in [-0.3, -0.25) is 4.21 Å². The second-order valence-corrected chi connectivity index (χ2v) is 6.33. The van der Waals surface area contributed by atoms with E-state index < -0.39 is 10.8 Å². The highest BCUT2D eigenvalue weighted by Crippen LogP contribution is 2.18. The minimum atomic E-state index is -1.02. The molecule has 1 aromatic heterocycles. The zero-order chi connectivity index (χ0) is 14.4. The lowest BCUT2D eigenvalue weighted by molar-refractivity contribution is 0.461. The van der Waals surface area contributed by atoms with E-state index in [1.165, 1.54) is 0 Å². The summed E-state index contributed by atoms with van der Waals surface area (Å²) in [7, 11) is -1.02. The van der Waals surface area contributed by atoms with E-state index in [2.05, 4.69) is 5.32 Å². The zero-order valence-corrected chi connectivity index (χ0v) is 13.0. The number of rotatable bonds is 7. The van der Waals surface area contributed by atoms with Gasteiger partial charge in [-0.2, -0.15) is 0 Å². The summed E-state index contributed by atoms with van der Waals surface area (Å²) in [5.41, 5.74) is 0.909. The molecule has 2 rings (SSSR count). The topological polar surface area (TPSA) is 42.2 Å². The van der Waals surface area contributed by atoms with Crippen molar-refractivity contribution in [2.45, 2.75) is 25.0 Å². The smallest absolute Gasteiger partial charge is 0.118 e. The van der Waals surface area contributed by atoms with Crippen molar-refractivity contribution < 1.29 is 8.63 Å². The lowest BCUT2D eigenvalue weighted by Crippen LogP contribution is -2.10. The summed E-state index contributed by atoms with van der Waals surface area (Å²) >= 11 is 6.07. The van der Waals surface area contributed by atoms with Gasteiger partial charge in [0.2, 0.25) is 0 Å². The van der Waals surface area contributed by atoms with Crippen LogP contribution in [0.25, 0.3) is 0 Å². The van der Waals surface area contributed by atoms with Gasteiger partial charge in [0.25, 0.3) is 0 Å². The Hall–Kier alpha value is -1.10. The minimum absolute atomic E-state index is 0.414. The fraction of sp³-hybridized carbons (Fsp3) is 0.333. The molecular formula is C15H18ClNO2S. The largest absolute Gasteiger partial charge is 0.464 e. The van der Waals surface area contributed by atoms with Gasteiger partial charge in [-0.15, -0.1) is 0 Å². The average Bonchev–Trinajstić information content (AvgIpc) is 2.86. The second kappa shape index (κ2) is 7.62. The maximum Gasteiger partial charge on any atom is 0.118 e. The van der Waals surface area contributed by atoms with E-state index in [0.717, 1.165) is 23.6 Å². The maximum atomic E-state index is 12.1. The van der Waals surface area contributed by atoms with Crippen LogP contribution in [0.3, 0.4) is 0 Å². The monoisotopic (exact) mass is 311 g/mol. The molecule has 0 bridgehead atoms. The van der Waals surface area contributed by atoms with E-state index in [-0.39, 0.29) is 0 Å². The van der Waals surface area contributed by atoms with Crippen molar-refractivity contribution >= 4 is 22.4 Å². The predicted molar refractivity (Wildman–Crippen MR) is 83.1 cm³/mol. The number of nitrogens with one attached hydrogen (secondary N) is 1. The molecule has 20 heavy (non-hydrogen) atoms. The summed E-state index contributed by atoms with van der Waals surface area (Å²) in [6, 6.07) is 11.3. The molecule has 2 aromatic rings. The van der Waals surface area contributed by atoms with Gasteiger partial charge in [0.1, 0.15) is 11.5 Å². The molecule has 1 heterocycles. The Morgan fingerprint density at radius 3 is 2.65 bits per heavy atom. The van der Waals surface area contributed by atoms with Crippen LogP contribution in [-0.2, 0) is 28.9 Å². The molecule has 1 aromatic carbocycles. The standard InChI is InChI=1S/C15H18ClNO2S/c1-2-17-9-13-7-8-14(19-13)11-20(18)10-12-5-3-4-6-15(12)16/h3-8,17H,2,9-11H2,1H3. The summed E-state index contributed by atoms with van der Waals surface area (Å²) in [6.45, 7) is 3.64. The molecule has 0 fully saturated rings. The van der Waals surface area contributed by atoms with Crippen LogP contribution in [0.5, 0.6) is 0 Å². The summed E-state index contributed by atoms with van der Waals surface area (Å²) in [4.78, 5) is 0. The van der Waals surface area contributed by atoms with Crippen LogP contribution in [-0.4, -0.2) is 10.8 Å². The Balaban J connectivity index is 1.91. The first kappa shape index (κ1) is 15.3. The van der Waals surface area contributed by atoms with E-state index in [0.29, 0.717) is 23.1 Å². The summed E-state index contributed by atoms with van der Waals surface area (Å²) in [5, 5.41) is 3.85. The van der Waals surface area contributed by atoms with Crippen LogP contribution in [0.1, 0.15) is 24.0 Å². The number of hydrogen-bond acceptors (Lipinski definition) is 3. The van der Waals surface area contributed by atoms with Gasteiger partial charge >= 0.3 is 0 Å². The molecule has 108 valence electrons. The third-order valence-corrected chi connectivity index (χ3v) is 4.45. The van der Waals surface area contributed by atoms with Gasteiger partial charge in [-0.05, 0) is 30.3 Å². The van der Waals surface area contributed by atoms with Gasteiger partial charge < -0.3 is 9.73 Å². The first-order valence-corrected chi connectivity index (χ1v) is 8.42. The Labute approximate surface area is 126 Å². The molecule has 0 saturated heterocycles. The normalized spacial score (nSPS) is 12.5. The molecule has 1 N–H and O–H groups in total. The van der Waals surface area contributed by atoms with Crippen molar-refractivity contribution in [3.63, 3.8) is 0 Å². The van der Waals surface area contributed by atoms with Crippen LogP contribution in [0.4, 0.5) is 0 Å². The lowest BCUT2D eigenvalue weighted by atomic mass is 10.2. The van der Waals surface area contributed by atoms with Crippen LogP contribution in [0, 0.1) is 0 Å². The Bertz CT molecular complexity index is 583. The number of benzene rings is 1. The number of hydrogen-bond donors (Lipinski definition) is 1. The second-order valence-electron chi connectivity index (χ2n) is 4.47. The molecule has 5 heteroatoms. The molecule has 0 aliphatic carbocycles. The highest BCUT2D eigenvalue weighted by Gasteiger charge is 2.09. The van der Waals surface area contributed by atoms with Crippen LogP contribution in [0.2, 0.25) is 5.02 Å².